The van der Waals surface area contributed by atoms with E-state index >= 15 is 0 Å². The van der Waals surface area contributed by atoms with E-state index in [9.17, 15) is 8.42 Å². The molecule has 0 fully saturated rings. The van der Waals surface area contributed by atoms with E-state index in [1.807, 2.05) is 0 Å². The van der Waals surface area contributed by atoms with Gasteiger partial charge in [-0.2, -0.15) is 0 Å². The molecule has 0 aliphatic carbocycles. The Kier molecular flexibility index (Phi) is 6.36. The number of hydrogen-bond donors (Lipinski definition) is 1. The summed E-state index contributed by atoms with van der Waals surface area (Å²) in [6, 6.07) is 0.208. The van der Waals surface area contributed by atoms with Gasteiger partial charge in [0.2, 0.25) is 0 Å². The van der Waals surface area contributed by atoms with Crippen molar-refractivity contribution in [2.75, 3.05) is 11.5 Å². The van der Waals surface area contributed by atoms with E-state index in [2.05, 4.69) is 13.8 Å². The average molecular weight is 221 g/mol. The van der Waals surface area contributed by atoms with Crippen LogP contribution < -0.4 is 5.73 Å². The van der Waals surface area contributed by atoms with Crippen LogP contribution in [0.3, 0.4) is 0 Å². The zero-order valence-electron chi connectivity index (χ0n) is 9.49. The molecular weight excluding hydrogens is 198 g/mol. The van der Waals surface area contributed by atoms with Crippen molar-refractivity contribution in [3.8, 4) is 0 Å². The van der Waals surface area contributed by atoms with Crippen LogP contribution in [-0.4, -0.2) is 26.0 Å². The zero-order valence-corrected chi connectivity index (χ0v) is 10.3. The van der Waals surface area contributed by atoms with Crippen LogP contribution in [0.15, 0.2) is 0 Å². The van der Waals surface area contributed by atoms with Gasteiger partial charge in [-0.25, -0.2) is 8.42 Å². The van der Waals surface area contributed by atoms with Gasteiger partial charge in [-0.3, -0.25) is 0 Å². The van der Waals surface area contributed by atoms with Crippen molar-refractivity contribution >= 4 is 9.84 Å². The number of sulfone groups is 1. The van der Waals surface area contributed by atoms with Crippen molar-refractivity contribution in [1.29, 1.82) is 0 Å². The summed E-state index contributed by atoms with van der Waals surface area (Å²) in [6.45, 7) is 5.84. The van der Waals surface area contributed by atoms with Gasteiger partial charge in [-0.1, -0.05) is 20.8 Å². The Balaban J connectivity index is 3.75. The van der Waals surface area contributed by atoms with Crippen LogP contribution >= 0.6 is 0 Å². The Bertz CT molecular complexity index is 237. The highest BCUT2D eigenvalue weighted by Gasteiger charge is 2.12. The van der Waals surface area contributed by atoms with Crippen LogP contribution in [0.4, 0.5) is 0 Å². The maximum absolute atomic E-state index is 11.2. The average Bonchev–Trinajstić information content (AvgIpc) is 2.16. The minimum atomic E-state index is -2.79. The van der Waals surface area contributed by atoms with E-state index in [4.69, 9.17) is 5.73 Å². The van der Waals surface area contributed by atoms with Gasteiger partial charge < -0.3 is 5.73 Å². The van der Waals surface area contributed by atoms with E-state index in [0.29, 0.717) is 11.7 Å². The van der Waals surface area contributed by atoms with E-state index in [1.54, 1.807) is 6.92 Å². The van der Waals surface area contributed by atoms with Crippen molar-refractivity contribution in [3.05, 3.63) is 0 Å². The van der Waals surface area contributed by atoms with Crippen molar-refractivity contribution in [2.45, 2.75) is 46.1 Å². The molecule has 0 aliphatic heterocycles. The molecule has 0 spiro atoms. The van der Waals surface area contributed by atoms with Gasteiger partial charge in [0.1, 0.15) is 9.84 Å². The molecule has 3 nitrogen and oxygen atoms in total. The molecule has 0 rings (SSSR count). The fourth-order valence-electron chi connectivity index (χ4n) is 1.39. The van der Waals surface area contributed by atoms with Gasteiger partial charge in [-0.05, 0) is 25.2 Å². The lowest BCUT2D eigenvalue weighted by molar-refractivity contribution is 0.413. The molecule has 0 aromatic rings. The Labute approximate surface area is 88.0 Å². The van der Waals surface area contributed by atoms with Crippen LogP contribution in [0.2, 0.25) is 0 Å². The summed E-state index contributed by atoms with van der Waals surface area (Å²) in [5.41, 5.74) is 5.85. The molecule has 4 heteroatoms. The van der Waals surface area contributed by atoms with Crippen LogP contribution in [-0.2, 0) is 9.84 Å². The quantitative estimate of drug-likeness (QED) is 0.710. The summed E-state index contributed by atoms with van der Waals surface area (Å²) in [7, 11) is -2.79. The third-order valence-electron chi connectivity index (χ3n) is 2.76. The predicted molar refractivity (Wildman–Crippen MR) is 61.0 cm³/mol. The van der Waals surface area contributed by atoms with Crippen molar-refractivity contribution < 1.29 is 8.42 Å². The van der Waals surface area contributed by atoms with Gasteiger partial charge in [0.05, 0.1) is 5.75 Å². The molecule has 0 aromatic heterocycles. The molecule has 0 heterocycles. The van der Waals surface area contributed by atoms with E-state index in [0.717, 1.165) is 19.3 Å². The topological polar surface area (TPSA) is 60.2 Å². The second kappa shape index (κ2) is 6.40. The van der Waals surface area contributed by atoms with E-state index in [-0.39, 0.29) is 11.8 Å². The highest BCUT2D eigenvalue weighted by atomic mass is 32.2. The van der Waals surface area contributed by atoms with Crippen LogP contribution in [0.5, 0.6) is 0 Å². The summed E-state index contributed by atoms with van der Waals surface area (Å²) in [6.07, 6.45) is 2.61. The first-order chi connectivity index (χ1) is 6.43. The van der Waals surface area contributed by atoms with Crippen LogP contribution in [0.25, 0.3) is 0 Å². The Morgan fingerprint density at radius 2 is 1.86 bits per heavy atom. The molecule has 0 aliphatic rings. The molecule has 0 saturated heterocycles. The molecule has 0 radical (unpaired) electrons. The fraction of sp³-hybridized carbons (Fsp3) is 1.00. The lowest BCUT2D eigenvalue weighted by atomic mass is 9.96. The van der Waals surface area contributed by atoms with Crippen LogP contribution in [0, 0.1) is 5.92 Å². The normalized spacial score (nSPS) is 16.6. The molecule has 0 bridgehead atoms. The second-order valence-corrected chi connectivity index (χ2v) is 6.40. The highest BCUT2D eigenvalue weighted by molar-refractivity contribution is 7.91. The Morgan fingerprint density at radius 1 is 1.29 bits per heavy atom. The largest absolute Gasteiger partial charge is 0.327 e. The molecular formula is C10H23NO2S. The minimum absolute atomic E-state index is 0.208. The van der Waals surface area contributed by atoms with E-state index in [1.165, 1.54) is 0 Å². The Morgan fingerprint density at radius 3 is 2.29 bits per heavy atom. The summed E-state index contributed by atoms with van der Waals surface area (Å²) < 4.78 is 22.4. The first-order valence-electron chi connectivity index (χ1n) is 5.39. The first kappa shape index (κ1) is 13.9. The molecule has 0 aromatic carbocycles. The SMILES string of the molecule is CCC(N)C(C)CCCS(=O)(=O)CC. The second-order valence-electron chi connectivity index (χ2n) is 3.93. The first-order valence-corrected chi connectivity index (χ1v) is 7.21. The monoisotopic (exact) mass is 221 g/mol. The highest BCUT2D eigenvalue weighted by Crippen LogP contribution is 2.12. The van der Waals surface area contributed by atoms with Gasteiger partial charge in [0.25, 0.3) is 0 Å². The summed E-state index contributed by atoms with van der Waals surface area (Å²) >= 11 is 0. The smallest absolute Gasteiger partial charge is 0.150 e. The number of nitrogens with two attached hydrogens (primary N) is 1. The van der Waals surface area contributed by atoms with Crippen molar-refractivity contribution in [2.24, 2.45) is 11.7 Å². The molecule has 2 N–H and O–H groups in total. The van der Waals surface area contributed by atoms with Crippen molar-refractivity contribution in [3.63, 3.8) is 0 Å². The molecule has 0 saturated carbocycles. The zero-order chi connectivity index (χ0) is 11.2. The van der Waals surface area contributed by atoms with Crippen LogP contribution in [0.1, 0.15) is 40.0 Å². The molecule has 2 atom stereocenters. The fourth-order valence-corrected chi connectivity index (χ4v) is 2.28. The number of rotatable bonds is 7. The third-order valence-corrected chi connectivity index (χ3v) is 4.55. The van der Waals surface area contributed by atoms with Gasteiger partial charge in [-0.15, -0.1) is 0 Å². The van der Waals surface area contributed by atoms with Crippen molar-refractivity contribution in [1.82, 2.24) is 0 Å². The summed E-state index contributed by atoms with van der Waals surface area (Å²) in [5.74, 6) is 0.984. The Hall–Kier alpha value is -0.0900. The number of hydrogen-bond acceptors (Lipinski definition) is 3. The standard InChI is InChI=1S/C10H23NO2S/c1-4-10(11)9(3)7-6-8-14(12,13)5-2/h9-10H,4-8,11H2,1-3H3. The lowest BCUT2D eigenvalue weighted by Gasteiger charge is -2.17. The predicted octanol–water partition coefficient (Wildman–Crippen LogP) is 1.57. The molecule has 2 unspecified atom stereocenters. The van der Waals surface area contributed by atoms with E-state index < -0.39 is 9.84 Å². The summed E-state index contributed by atoms with van der Waals surface area (Å²) in [5, 5.41) is 0. The maximum Gasteiger partial charge on any atom is 0.150 e. The van der Waals surface area contributed by atoms with Gasteiger partial charge >= 0.3 is 0 Å². The molecule has 0 amide bonds. The van der Waals surface area contributed by atoms with Gasteiger partial charge in [0.15, 0.2) is 0 Å². The minimum Gasteiger partial charge on any atom is -0.327 e. The van der Waals surface area contributed by atoms with Gasteiger partial charge in [0, 0.05) is 11.8 Å². The lowest BCUT2D eigenvalue weighted by Crippen LogP contribution is -2.27. The summed E-state index contributed by atoms with van der Waals surface area (Å²) in [4.78, 5) is 0. The third kappa shape index (κ3) is 5.60. The maximum atomic E-state index is 11.2. The molecule has 14 heavy (non-hydrogen) atoms. The molecule has 86 valence electrons.